The van der Waals surface area contributed by atoms with Crippen LogP contribution in [0.15, 0.2) is 18.2 Å². The topological polar surface area (TPSA) is 58.2 Å². The van der Waals surface area contributed by atoms with Gasteiger partial charge in [-0.25, -0.2) is 17.5 Å². The molecule has 19 heavy (non-hydrogen) atoms. The maximum atomic E-state index is 12.9. The van der Waals surface area contributed by atoms with Crippen LogP contribution in [0, 0.1) is 5.82 Å². The SMILES string of the molecule is CNCCCCS(=O)(=O)NCc1ccc(F)c(Cl)c1. The molecule has 0 saturated carbocycles. The van der Waals surface area contributed by atoms with E-state index in [0.717, 1.165) is 13.0 Å². The minimum absolute atomic E-state index is 0.00859. The first kappa shape index (κ1) is 16.4. The summed E-state index contributed by atoms with van der Waals surface area (Å²) >= 11 is 5.62. The Labute approximate surface area is 118 Å². The highest BCUT2D eigenvalue weighted by molar-refractivity contribution is 7.89. The minimum atomic E-state index is -3.30. The average Bonchev–Trinajstić information content (AvgIpc) is 2.36. The number of benzene rings is 1. The molecule has 0 aliphatic heterocycles. The van der Waals surface area contributed by atoms with E-state index >= 15 is 0 Å². The van der Waals surface area contributed by atoms with Crippen LogP contribution in [-0.2, 0) is 16.6 Å². The van der Waals surface area contributed by atoms with Gasteiger partial charge in [0.2, 0.25) is 10.0 Å². The molecule has 0 amide bonds. The lowest BCUT2D eigenvalue weighted by Gasteiger charge is -2.07. The van der Waals surface area contributed by atoms with Gasteiger partial charge >= 0.3 is 0 Å². The summed E-state index contributed by atoms with van der Waals surface area (Å²) in [5.41, 5.74) is 0.630. The standard InChI is InChI=1S/C12H18ClFN2O2S/c1-15-6-2-3-7-19(17,18)16-9-10-4-5-12(14)11(13)8-10/h4-5,8,15-16H,2-3,6-7,9H2,1H3. The number of unbranched alkanes of at least 4 members (excludes halogenated alkanes) is 1. The largest absolute Gasteiger partial charge is 0.320 e. The molecule has 0 atom stereocenters. The summed E-state index contributed by atoms with van der Waals surface area (Å²) in [6, 6.07) is 4.14. The molecular formula is C12H18ClFN2O2S. The van der Waals surface area contributed by atoms with Crippen molar-refractivity contribution in [2.45, 2.75) is 19.4 Å². The van der Waals surface area contributed by atoms with Gasteiger partial charge in [0.1, 0.15) is 5.82 Å². The molecule has 0 radical (unpaired) electrons. The van der Waals surface area contributed by atoms with E-state index in [9.17, 15) is 12.8 Å². The molecule has 0 unspecified atom stereocenters. The van der Waals surface area contributed by atoms with E-state index < -0.39 is 15.8 Å². The van der Waals surface area contributed by atoms with Gasteiger partial charge < -0.3 is 5.32 Å². The van der Waals surface area contributed by atoms with E-state index in [4.69, 9.17) is 11.6 Å². The average molecular weight is 309 g/mol. The van der Waals surface area contributed by atoms with Gasteiger partial charge in [0, 0.05) is 6.54 Å². The quantitative estimate of drug-likeness (QED) is 0.721. The Kier molecular flexibility index (Phi) is 6.71. The highest BCUT2D eigenvalue weighted by Crippen LogP contribution is 2.15. The number of nitrogens with one attached hydrogen (secondary N) is 2. The van der Waals surface area contributed by atoms with Crippen molar-refractivity contribution in [1.29, 1.82) is 0 Å². The van der Waals surface area contributed by atoms with Crippen LogP contribution in [-0.4, -0.2) is 27.8 Å². The lowest BCUT2D eigenvalue weighted by atomic mass is 10.2. The first-order valence-corrected chi connectivity index (χ1v) is 8.03. The molecule has 1 aromatic carbocycles. The van der Waals surface area contributed by atoms with Crippen LogP contribution in [0.25, 0.3) is 0 Å². The fourth-order valence-electron chi connectivity index (χ4n) is 1.51. The van der Waals surface area contributed by atoms with Crippen molar-refractivity contribution in [3.05, 3.63) is 34.6 Å². The summed E-state index contributed by atoms with van der Waals surface area (Å²) in [7, 11) is -1.47. The zero-order valence-electron chi connectivity index (χ0n) is 10.7. The number of hydrogen-bond donors (Lipinski definition) is 2. The van der Waals surface area contributed by atoms with E-state index in [1.165, 1.54) is 18.2 Å². The zero-order chi connectivity index (χ0) is 14.3. The third-order valence-corrected chi connectivity index (χ3v) is 4.27. The van der Waals surface area contributed by atoms with Crippen LogP contribution in [0.2, 0.25) is 5.02 Å². The summed E-state index contributed by atoms with van der Waals surface area (Å²) in [6.07, 6.45) is 1.40. The van der Waals surface area contributed by atoms with Crippen molar-refractivity contribution in [3.63, 3.8) is 0 Å². The molecule has 0 fully saturated rings. The number of halogens is 2. The predicted molar refractivity (Wildman–Crippen MR) is 75.2 cm³/mol. The smallest absolute Gasteiger partial charge is 0.211 e. The lowest BCUT2D eigenvalue weighted by Crippen LogP contribution is -2.26. The van der Waals surface area contributed by atoms with Gasteiger partial charge in [0.25, 0.3) is 0 Å². The Morgan fingerprint density at radius 2 is 2.05 bits per heavy atom. The fourth-order valence-corrected chi connectivity index (χ4v) is 2.83. The molecule has 0 aromatic heterocycles. The fraction of sp³-hybridized carbons (Fsp3) is 0.500. The Morgan fingerprint density at radius 3 is 2.68 bits per heavy atom. The van der Waals surface area contributed by atoms with E-state index in [-0.39, 0.29) is 17.3 Å². The highest BCUT2D eigenvalue weighted by atomic mass is 35.5. The van der Waals surface area contributed by atoms with Crippen LogP contribution in [0.5, 0.6) is 0 Å². The maximum Gasteiger partial charge on any atom is 0.211 e. The summed E-state index contributed by atoms with van der Waals surface area (Å²) in [6.45, 7) is 0.914. The summed E-state index contributed by atoms with van der Waals surface area (Å²) in [4.78, 5) is 0. The Balaban J connectivity index is 2.43. The Hall–Kier alpha value is -0.690. The Bertz CT molecular complexity index is 508. The molecule has 2 N–H and O–H groups in total. The molecule has 0 aliphatic rings. The van der Waals surface area contributed by atoms with Crippen LogP contribution in [0.1, 0.15) is 18.4 Å². The maximum absolute atomic E-state index is 12.9. The minimum Gasteiger partial charge on any atom is -0.320 e. The molecule has 0 saturated heterocycles. The van der Waals surface area contributed by atoms with Gasteiger partial charge in [-0.3, -0.25) is 0 Å². The van der Waals surface area contributed by atoms with Gasteiger partial charge in [0.15, 0.2) is 0 Å². The van der Waals surface area contributed by atoms with Gasteiger partial charge in [-0.15, -0.1) is 0 Å². The van der Waals surface area contributed by atoms with E-state index in [2.05, 4.69) is 10.0 Å². The van der Waals surface area contributed by atoms with Gasteiger partial charge in [-0.05, 0) is 44.1 Å². The zero-order valence-corrected chi connectivity index (χ0v) is 12.3. The van der Waals surface area contributed by atoms with Crippen molar-refractivity contribution in [2.24, 2.45) is 0 Å². The number of hydrogen-bond acceptors (Lipinski definition) is 3. The molecule has 0 aliphatic carbocycles. The summed E-state index contributed by atoms with van der Waals surface area (Å²) < 4.78 is 38.8. The molecule has 4 nitrogen and oxygen atoms in total. The van der Waals surface area contributed by atoms with E-state index in [1.807, 2.05) is 7.05 Å². The molecule has 0 bridgehead atoms. The van der Waals surface area contributed by atoms with Crippen LogP contribution < -0.4 is 10.0 Å². The van der Waals surface area contributed by atoms with Crippen molar-refractivity contribution in [2.75, 3.05) is 19.3 Å². The van der Waals surface area contributed by atoms with Crippen LogP contribution in [0.4, 0.5) is 4.39 Å². The van der Waals surface area contributed by atoms with E-state index in [1.54, 1.807) is 0 Å². The summed E-state index contributed by atoms with van der Waals surface area (Å²) in [5.74, 6) is -0.427. The molecule has 1 rings (SSSR count). The summed E-state index contributed by atoms with van der Waals surface area (Å²) in [5, 5.41) is 2.95. The predicted octanol–water partition coefficient (Wildman–Crippen LogP) is 1.90. The van der Waals surface area contributed by atoms with Crippen molar-refractivity contribution in [1.82, 2.24) is 10.0 Å². The second-order valence-corrected chi connectivity index (χ2v) is 6.53. The van der Waals surface area contributed by atoms with Crippen LogP contribution >= 0.6 is 11.6 Å². The van der Waals surface area contributed by atoms with Gasteiger partial charge in [-0.2, -0.15) is 0 Å². The van der Waals surface area contributed by atoms with Crippen molar-refractivity contribution >= 4 is 21.6 Å². The molecule has 0 spiro atoms. The third-order valence-electron chi connectivity index (χ3n) is 2.57. The lowest BCUT2D eigenvalue weighted by molar-refractivity contribution is 0.575. The van der Waals surface area contributed by atoms with Crippen molar-refractivity contribution in [3.8, 4) is 0 Å². The highest BCUT2D eigenvalue weighted by Gasteiger charge is 2.10. The monoisotopic (exact) mass is 308 g/mol. The second kappa shape index (κ2) is 7.79. The number of rotatable bonds is 8. The van der Waals surface area contributed by atoms with E-state index in [0.29, 0.717) is 12.0 Å². The molecular weight excluding hydrogens is 291 g/mol. The van der Waals surface area contributed by atoms with Gasteiger partial charge in [-0.1, -0.05) is 17.7 Å². The Morgan fingerprint density at radius 1 is 1.32 bits per heavy atom. The molecule has 7 heteroatoms. The first-order chi connectivity index (χ1) is 8.94. The molecule has 0 heterocycles. The van der Waals surface area contributed by atoms with Crippen LogP contribution in [0.3, 0.4) is 0 Å². The van der Waals surface area contributed by atoms with Gasteiger partial charge in [0.05, 0.1) is 10.8 Å². The molecule has 1 aromatic rings. The number of sulfonamides is 1. The second-order valence-electron chi connectivity index (χ2n) is 4.20. The van der Waals surface area contributed by atoms with Crippen molar-refractivity contribution < 1.29 is 12.8 Å². The normalized spacial score (nSPS) is 11.7. The first-order valence-electron chi connectivity index (χ1n) is 6.00. The molecule has 108 valence electrons. The third kappa shape index (κ3) is 6.33.